The Kier molecular flexibility index (Phi) is 6.47. The van der Waals surface area contributed by atoms with Crippen LogP contribution in [0.15, 0.2) is 47.4 Å². The average Bonchev–Trinajstić information content (AvgIpc) is 3.19. The van der Waals surface area contributed by atoms with Crippen molar-refractivity contribution in [2.24, 2.45) is 0 Å². The van der Waals surface area contributed by atoms with Gasteiger partial charge in [0.25, 0.3) is 0 Å². The second-order valence-electron chi connectivity index (χ2n) is 6.72. The Hall–Kier alpha value is -1.96. The number of benzene rings is 2. The first kappa shape index (κ1) is 20.3. The molecule has 1 aliphatic rings. The highest BCUT2D eigenvalue weighted by Gasteiger charge is 2.23. The Balaban J connectivity index is 1.28. The van der Waals surface area contributed by atoms with Crippen LogP contribution in [0.4, 0.5) is 5.13 Å². The minimum atomic E-state index is 0.220. The summed E-state index contributed by atoms with van der Waals surface area (Å²) < 4.78 is 6.54. The van der Waals surface area contributed by atoms with Crippen LogP contribution in [0.5, 0.6) is 5.75 Å². The van der Waals surface area contributed by atoms with Gasteiger partial charge in [-0.3, -0.25) is 4.79 Å². The van der Waals surface area contributed by atoms with Crippen molar-refractivity contribution in [1.29, 1.82) is 0 Å². The number of carbonyl (C=O) groups is 1. The standard InChI is InChI=1S/C21H22ClN3O2S2/c1-27-17-3-2-4-18-20(17)23-21(29-18)25-12-10-24(11-13-25)19(26)9-14-28-16-7-5-15(22)6-8-16/h2-8H,9-14H2,1H3. The van der Waals surface area contributed by atoms with Crippen molar-refractivity contribution >= 4 is 56.0 Å². The molecule has 0 atom stereocenters. The number of anilines is 1. The Labute approximate surface area is 183 Å². The van der Waals surface area contributed by atoms with E-state index in [0.717, 1.165) is 62.9 Å². The fourth-order valence-corrected chi connectivity index (χ4v) is 5.31. The van der Waals surface area contributed by atoms with Crippen LogP contribution in [-0.4, -0.2) is 54.8 Å². The van der Waals surface area contributed by atoms with Gasteiger partial charge in [0.05, 0.1) is 11.8 Å². The summed E-state index contributed by atoms with van der Waals surface area (Å²) >= 11 is 9.27. The van der Waals surface area contributed by atoms with Gasteiger partial charge in [-0.2, -0.15) is 0 Å². The number of thioether (sulfide) groups is 1. The lowest BCUT2D eigenvalue weighted by Gasteiger charge is -2.34. The molecule has 0 spiro atoms. The van der Waals surface area contributed by atoms with Crippen LogP contribution in [0.1, 0.15) is 6.42 Å². The number of halogens is 1. The molecular weight excluding hydrogens is 426 g/mol. The summed E-state index contributed by atoms with van der Waals surface area (Å²) in [4.78, 5) is 22.7. The molecule has 2 heterocycles. The average molecular weight is 448 g/mol. The molecule has 5 nitrogen and oxygen atoms in total. The van der Waals surface area contributed by atoms with E-state index in [1.54, 1.807) is 30.2 Å². The summed E-state index contributed by atoms with van der Waals surface area (Å²) in [6.45, 7) is 3.07. The van der Waals surface area contributed by atoms with E-state index in [-0.39, 0.29) is 5.91 Å². The number of piperazine rings is 1. The summed E-state index contributed by atoms with van der Waals surface area (Å²) in [5.74, 6) is 1.80. The maximum atomic E-state index is 12.6. The van der Waals surface area contributed by atoms with Gasteiger partial charge >= 0.3 is 0 Å². The minimum Gasteiger partial charge on any atom is -0.494 e. The lowest BCUT2D eigenvalue weighted by Crippen LogP contribution is -2.48. The third-order valence-corrected chi connectivity index (χ3v) is 7.24. The molecule has 0 radical (unpaired) electrons. The fourth-order valence-electron chi connectivity index (χ4n) is 3.30. The third kappa shape index (κ3) is 4.79. The van der Waals surface area contributed by atoms with Crippen molar-refractivity contribution in [2.75, 3.05) is 43.9 Å². The molecule has 1 amide bonds. The Bertz CT molecular complexity index is 985. The van der Waals surface area contributed by atoms with Gasteiger partial charge in [0, 0.05) is 48.3 Å². The minimum absolute atomic E-state index is 0.220. The molecular formula is C21H22ClN3O2S2. The highest BCUT2D eigenvalue weighted by molar-refractivity contribution is 7.99. The monoisotopic (exact) mass is 447 g/mol. The van der Waals surface area contributed by atoms with E-state index in [4.69, 9.17) is 21.3 Å². The van der Waals surface area contributed by atoms with Crippen LogP contribution in [0.3, 0.4) is 0 Å². The molecule has 0 N–H and O–H groups in total. The highest BCUT2D eigenvalue weighted by Crippen LogP contribution is 2.34. The zero-order valence-corrected chi connectivity index (χ0v) is 18.5. The number of methoxy groups -OCH3 is 1. The number of nitrogens with zero attached hydrogens (tertiary/aromatic N) is 3. The van der Waals surface area contributed by atoms with E-state index in [0.29, 0.717) is 6.42 Å². The van der Waals surface area contributed by atoms with E-state index >= 15 is 0 Å². The number of amides is 1. The molecule has 8 heteroatoms. The topological polar surface area (TPSA) is 45.7 Å². The van der Waals surface area contributed by atoms with Gasteiger partial charge < -0.3 is 14.5 Å². The number of hydrogen-bond donors (Lipinski definition) is 0. The summed E-state index contributed by atoms with van der Waals surface area (Å²) in [7, 11) is 1.67. The molecule has 1 aliphatic heterocycles. The van der Waals surface area contributed by atoms with Gasteiger partial charge in [-0.15, -0.1) is 11.8 Å². The van der Waals surface area contributed by atoms with E-state index in [2.05, 4.69) is 11.0 Å². The van der Waals surface area contributed by atoms with Gasteiger partial charge in [0.2, 0.25) is 5.91 Å². The summed E-state index contributed by atoms with van der Waals surface area (Å²) in [6, 6.07) is 13.7. The number of rotatable bonds is 6. The molecule has 2 aromatic carbocycles. The molecule has 0 unspecified atom stereocenters. The van der Waals surface area contributed by atoms with E-state index in [1.165, 1.54) is 0 Å². The quantitative estimate of drug-likeness (QED) is 0.508. The Morgan fingerprint density at radius 1 is 1.17 bits per heavy atom. The van der Waals surface area contributed by atoms with Crippen molar-refractivity contribution in [3.63, 3.8) is 0 Å². The first-order valence-electron chi connectivity index (χ1n) is 9.48. The summed E-state index contributed by atoms with van der Waals surface area (Å²) in [6.07, 6.45) is 0.547. The van der Waals surface area contributed by atoms with Gasteiger partial charge in [-0.1, -0.05) is 29.0 Å². The second-order valence-corrected chi connectivity index (χ2v) is 9.34. The molecule has 4 rings (SSSR count). The van der Waals surface area contributed by atoms with Crippen molar-refractivity contribution in [3.05, 3.63) is 47.5 Å². The zero-order valence-electron chi connectivity index (χ0n) is 16.1. The summed E-state index contributed by atoms with van der Waals surface area (Å²) in [5.41, 5.74) is 0.910. The molecule has 1 aromatic heterocycles. The van der Waals surface area contributed by atoms with Crippen molar-refractivity contribution in [1.82, 2.24) is 9.88 Å². The van der Waals surface area contributed by atoms with Gasteiger partial charge in [0.1, 0.15) is 11.3 Å². The van der Waals surface area contributed by atoms with Crippen LogP contribution in [-0.2, 0) is 4.79 Å². The first-order valence-corrected chi connectivity index (χ1v) is 11.7. The molecule has 1 fully saturated rings. The van der Waals surface area contributed by atoms with Gasteiger partial charge in [-0.25, -0.2) is 4.98 Å². The number of ether oxygens (including phenoxy) is 1. The van der Waals surface area contributed by atoms with Crippen molar-refractivity contribution < 1.29 is 9.53 Å². The van der Waals surface area contributed by atoms with Crippen LogP contribution in [0.2, 0.25) is 5.02 Å². The zero-order chi connectivity index (χ0) is 20.2. The van der Waals surface area contributed by atoms with Crippen LogP contribution in [0, 0.1) is 0 Å². The molecule has 0 bridgehead atoms. The van der Waals surface area contributed by atoms with Crippen LogP contribution in [0.25, 0.3) is 10.2 Å². The highest BCUT2D eigenvalue weighted by atomic mass is 35.5. The number of carbonyl (C=O) groups excluding carboxylic acids is 1. The third-order valence-electron chi connectivity index (χ3n) is 4.89. The Morgan fingerprint density at radius 3 is 2.66 bits per heavy atom. The number of para-hydroxylation sites is 1. The number of hydrogen-bond acceptors (Lipinski definition) is 6. The fraction of sp³-hybridized carbons (Fsp3) is 0.333. The van der Waals surface area contributed by atoms with E-state index in [1.807, 2.05) is 41.3 Å². The van der Waals surface area contributed by atoms with Crippen LogP contribution < -0.4 is 9.64 Å². The normalized spacial score (nSPS) is 14.4. The largest absolute Gasteiger partial charge is 0.494 e. The van der Waals surface area contributed by atoms with Crippen LogP contribution >= 0.6 is 34.7 Å². The first-order chi connectivity index (χ1) is 14.1. The molecule has 1 saturated heterocycles. The molecule has 0 aliphatic carbocycles. The lowest BCUT2D eigenvalue weighted by molar-refractivity contribution is -0.131. The predicted molar refractivity (Wildman–Crippen MR) is 122 cm³/mol. The predicted octanol–water partition coefficient (Wildman–Crippen LogP) is 4.79. The second kappa shape index (κ2) is 9.24. The summed E-state index contributed by atoms with van der Waals surface area (Å²) in [5, 5.41) is 1.73. The van der Waals surface area contributed by atoms with Crippen molar-refractivity contribution in [2.45, 2.75) is 11.3 Å². The van der Waals surface area contributed by atoms with Crippen molar-refractivity contribution in [3.8, 4) is 5.75 Å². The smallest absolute Gasteiger partial charge is 0.223 e. The maximum absolute atomic E-state index is 12.6. The van der Waals surface area contributed by atoms with Gasteiger partial charge in [0.15, 0.2) is 5.13 Å². The maximum Gasteiger partial charge on any atom is 0.223 e. The lowest BCUT2D eigenvalue weighted by atomic mass is 10.3. The van der Waals surface area contributed by atoms with Gasteiger partial charge in [-0.05, 0) is 36.4 Å². The number of fused-ring (bicyclic) bond motifs is 1. The number of thiazole rings is 1. The number of aromatic nitrogens is 1. The molecule has 0 saturated carbocycles. The molecule has 3 aromatic rings. The molecule has 29 heavy (non-hydrogen) atoms. The SMILES string of the molecule is COc1cccc2sc(N3CCN(C(=O)CCSc4ccc(Cl)cc4)CC3)nc12. The Morgan fingerprint density at radius 2 is 1.93 bits per heavy atom. The molecule has 152 valence electrons. The van der Waals surface area contributed by atoms with E-state index < -0.39 is 0 Å². The van der Waals surface area contributed by atoms with E-state index in [9.17, 15) is 4.79 Å².